The van der Waals surface area contributed by atoms with E-state index in [1.54, 1.807) is 44.4 Å². The summed E-state index contributed by atoms with van der Waals surface area (Å²) >= 11 is 0. The molecular weight excluding hydrogens is 390 g/mol. The molecular formula is C21H27N3O6. The van der Waals surface area contributed by atoms with Gasteiger partial charge >= 0.3 is 0 Å². The number of aromatic nitrogens is 2. The minimum Gasteiger partial charge on any atom is -0.493 e. The third-order valence-electron chi connectivity index (χ3n) is 5.56. The Morgan fingerprint density at radius 3 is 2.17 bits per heavy atom. The van der Waals surface area contributed by atoms with Crippen LogP contribution in [0.15, 0.2) is 18.2 Å². The van der Waals surface area contributed by atoms with Crippen LogP contribution in [-0.4, -0.2) is 74.4 Å². The van der Waals surface area contributed by atoms with Gasteiger partial charge in [0.25, 0.3) is 5.91 Å². The van der Waals surface area contributed by atoms with E-state index in [9.17, 15) is 4.79 Å². The van der Waals surface area contributed by atoms with Crippen LogP contribution < -0.4 is 14.2 Å². The lowest BCUT2D eigenvalue weighted by atomic mass is 9.80. The molecule has 1 aromatic carbocycles. The van der Waals surface area contributed by atoms with Crippen molar-refractivity contribution in [1.29, 1.82) is 0 Å². The van der Waals surface area contributed by atoms with Crippen molar-refractivity contribution in [3.05, 3.63) is 23.9 Å². The molecule has 1 N–H and O–H groups in total. The van der Waals surface area contributed by atoms with Gasteiger partial charge in [0.2, 0.25) is 5.75 Å². The van der Waals surface area contributed by atoms with E-state index in [2.05, 4.69) is 10.2 Å². The second kappa shape index (κ2) is 7.48. The predicted molar refractivity (Wildman–Crippen MR) is 108 cm³/mol. The Hall–Kier alpha value is -2.78. The van der Waals surface area contributed by atoms with Gasteiger partial charge in [0.15, 0.2) is 17.3 Å². The van der Waals surface area contributed by atoms with E-state index in [1.807, 2.05) is 13.8 Å². The molecule has 0 aliphatic carbocycles. The number of amides is 1. The maximum Gasteiger partial charge on any atom is 0.271 e. The molecule has 2 aliphatic heterocycles. The monoisotopic (exact) mass is 417 g/mol. The number of ether oxygens (including phenoxy) is 5. The smallest absolute Gasteiger partial charge is 0.271 e. The summed E-state index contributed by atoms with van der Waals surface area (Å²) in [4.78, 5) is 14.7. The van der Waals surface area contributed by atoms with Crippen molar-refractivity contribution in [3.8, 4) is 28.5 Å². The summed E-state index contributed by atoms with van der Waals surface area (Å²) in [6.07, 6.45) is 0. The third-order valence-corrected chi connectivity index (χ3v) is 5.56. The second-order valence-corrected chi connectivity index (χ2v) is 8.22. The topological polar surface area (TPSA) is 95.1 Å². The van der Waals surface area contributed by atoms with Crippen LogP contribution in [0.25, 0.3) is 11.3 Å². The van der Waals surface area contributed by atoms with Gasteiger partial charge in [0, 0.05) is 18.7 Å². The fourth-order valence-corrected chi connectivity index (χ4v) is 3.81. The number of aromatic amines is 1. The predicted octanol–water partition coefficient (Wildman–Crippen LogP) is 2.33. The number of carbonyl (C=O) groups excluding carboxylic acids is 1. The van der Waals surface area contributed by atoms with Crippen molar-refractivity contribution in [2.24, 2.45) is 5.41 Å². The molecule has 3 heterocycles. The first kappa shape index (κ1) is 20.5. The third kappa shape index (κ3) is 3.59. The van der Waals surface area contributed by atoms with E-state index in [-0.39, 0.29) is 11.3 Å². The zero-order chi connectivity index (χ0) is 21.5. The zero-order valence-electron chi connectivity index (χ0n) is 17.9. The normalized spacial score (nSPS) is 19.3. The number of rotatable bonds is 5. The molecule has 2 fully saturated rings. The number of likely N-dealkylation sites (tertiary alicyclic amines) is 1. The summed E-state index contributed by atoms with van der Waals surface area (Å²) in [7, 11) is 4.66. The molecule has 2 saturated heterocycles. The highest BCUT2D eigenvalue weighted by Gasteiger charge is 2.50. The molecule has 9 nitrogen and oxygen atoms in total. The average molecular weight is 417 g/mol. The fourth-order valence-electron chi connectivity index (χ4n) is 3.81. The molecule has 162 valence electrons. The number of benzene rings is 1. The molecule has 2 aromatic rings. The van der Waals surface area contributed by atoms with E-state index < -0.39 is 5.79 Å². The molecule has 0 bridgehead atoms. The Balaban J connectivity index is 1.48. The summed E-state index contributed by atoms with van der Waals surface area (Å²) < 4.78 is 27.7. The van der Waals surface area contributed by atoms with Crippen molar-refractivity contribution in [3.63, 3.8) is 0 Å². The molecule has 4 rings (SSSR count). The first-order valence-corrected chi connectivity index (χ1v) is 9.73. The highest BCUT2D eigenvalue weighted by Crippen LogP contribution is 2.41. The first-order valence-electron chi connectivity index (χ1n) is 9.73. The molecule has 0 saturated carbocycles. The fraction of sp³-hybridized carbons (Fsp3) is 0.524. The summed E-state index contributed by atoms with van der Waals surface area (Å²) in [5.41, 5.74) is 1.66. The van der Waals surface area contributed by atoms with Crippen LogP contribution in [0.4, 0.5) is 0 Å². The second-order valence-electron chi connectivity index (χ2n) is 8.22. The van der Waals surface area contributed by atoms with E-state index in [0.29, 0.717) is 54.9 Å². The Bertz CT molecular complexity index is 911. The number of nitrogens with zero attached hydrogens (tertiary/aromatic N) is 2. The van der Waals surface area contributed by atoms with Gasteiger partial charge < -0.3 is 28.6 Å². The van der Waals surface area contributed by atoms with Crippen LogP contribution in [-0.2, 0) is 9.47 Å². The molecule has 0 unspecified atom stereocenters. The van der Waals surface area contributed by atoms with Crippen LogP contribution in [0.1, 0.15) is 24.3 Å². The van der Waals surface area contributed by atoms with Gasteiger partial charge in [-0.1, -0.05) is 0 Å². The quantitative estimate of drug-likeness (QED) is 0.798. The number of hydrogen-bond donors (Lipinski definition) is 1. The van der Waals surface area contributed by atoms with Gasteiger partial charge in [0.05, 0.1) is 45.7 Å². The highest BCUT2D eigenvalue weighted by atomic mass is 16.7. The van der Waals surface area contributed by atoms with Crippen molar-refractivity contribution >= 4 is 5.91 Å². The van der Waals surface area contributed by atoms with Gasteiger partial charge in [-0.15, -0.1) is 0 Å². The van der Waals surface area contributed by atoms with E-state index in [1.165, 1.54) is 0 Å². The number of nitrogens with one attached hydrogen (secondary N) is 1. The zero-order valence-corrected chi connectivity index (χ0v) is 17.9. The lowest BCUT2D eigenvalue weighted by Gasteiger charge is -2.53. The maximum absolute atomic E-state index is 12.9. The minimum atomic E-state index is -0.561. The number of H-pyrrole nitrogens is 1. The summed E-state index contributed by atoms with van der Waals surface area (Å²) in [5.74, 6) is 0.882. The van der Waals surface area contributed by atoms with E-state index in [0.717, 1.165) is 5.56 Å². The van der Waals surface area contributed by atoms with Gasteiger partial charge in [0.1, 0.15) is 5.69 Å². The molecule has 1 aromatic heterocycles. The number of carbonyl (C=O) groups is 1. The molecule has 0 radical (unpaired) electrons. The lowest BCUT2D eigenvalue weighted by Crippen LogP contribution is -2.65. The number of hydrogen-bond acceptors (Lipinski definition) is 7. The van der Waals surface area contributed by atoms with Crippen molar-refractivity contribution in [2.45, 2.75) is 19.6 Å². The highest BCUT2D eigenvalue weighted by molar-refractivity contribution is 5.94. The SMILES string of the molecule is COc1cc(-c2cc(C(=O)N3CC4(COC(C)(C)OC4)C3)[nH]n2)cc(OC)c1OC. The first-order chi connectivity index (χ1) is 14.3. The van der Waals surface area contributed by atoms with Gasteiger partial charge in [-0.2, -0.15) is 5.10 Å². The van der Waals surface area contributed by atoms with Crippen molar-refractivity contribution < 1.29 is 28.5 Å². The van der Waals surface area contributed by atoms with E-state index in [4.69, 9.17) is 23.7 Å². The summed E-state index contributed by atoms with van der Waals surface area (Å²) in [6.45, 7) is 6.17. The summed E-state index contributed by atoms with van der Waals surface area (Å²) in [6, 6.07) is 5.32. The molecule has 0 atom stereocenters. The lowest BCUT2D eigenvalue weighted by molar-refractivity contribution is -0.301. The molecule has 9 heteroatoms. The molecule has 1 amide bonds. The number of methoxy groups -OCH3 is 3. The maximum atomic E-state index is 12.9. The minimum absolute atomic E-state index is 0.100. The van der Waals surface area contributed by atoms with Crippen LogP contribution >= 0.6 is 0 Å². The molecule has 1 spiro atoms. The Kier molecular flexibility index (Phi) is 5.11. The Labute approximate surface area is 175 Å². The van der Waals surface area contributed by atoms with Gasteiger partial charge in [-0.3, -0.25) is 9.89 Å². The Morgan fingerprint density at radius 2 is 1.63 bits per heavy atom. The van der Waals surface area contributed by atoms with E-state index >= 15 is 0 Å². The summed E-state index contributed by atoms with van der Waals surface area (Å²) in [5, 5.41) is 7.15. The van der Waals surface area contributed by atoms with Crippen LogP contribution in [0.3, 0.4) is 0 Å². The van der Waals surface area contributed by atoms with Crippen LogP contribution in [0.5, 0.6) is 17.2 Å². The largest absolute Gasteiger partial charge is 0.493 e. The van der Waals surface area contributed by atoms with Crippen molar-refractivity contribution in [2.75, 3.05) is 47.6 Å². The van der Waals surface area contributed by atoms with Crippen molar-refractivity contribution in [1.82, 2.24) is 15.1 Å². The van der Waals surface area contributed by atoms with Crippen LogP contribution in [0.2, 0.25) is 0 Å². The average Bonchev–Trinajstić information content (AvgIpc) is 3.21. The van der Waals surface area contributed by atoms with Gasteiger partial charge in [-0.05, 0) is 32.0 Å². The van der Waals surface area contributed by atoms with Gasteiger partial charge in [-0.25, -0.2) is 0 Å². The molecule has 2 aliphatic rings. The standard InChI is InChI=1S/C21H27N3O6/c1-20(2)29-11-21(12-30-20)9-24(10-21)19(25)15-8-14(22-23-15)13-6-16(26-3)18(28-5)17(7-13)27-4/h6-8H,9-12H2,1-5H3,(H,22,23). The van der Waals surface area contributed by atoms with Crippen LogP contribution in [0, 0.1) is 5.41 Å². The molecule has 30 heavy (non-hydrogen) atoms. The Morgan fingerprint density at radius 1 is 1.03 bits per heavy atom.